The van der Waals surface area contributed by atoms with Crippen LogP contribution >= 0.6 is 22.9 Å². The third kappa shape index (κ3) is 3.31. The van der Waals surface area contributed by atoms with Crippen LogP contribution in [0.25, 0.3) is 5.57 Å². The molecule has 0 radical (unpaired) electrons. The van der Waals surface area contributed by atoms with Gasteiger partial charge in [0.05, 0.1) is 5.69 Å². The van der Waals surface area contributed by atoms with E-state index in [4.69, 9.17) is 16.9 Å². The van der Waals surface area contributed by atoms with Crippen LogP contribution < -0.4 is 5.32 Å². The van der Waals surface area contributed by atoms with E-state index in [1.54, 1.807) is 0 Å². The molecular weight excluding hydrogens is 285 g/mol. The molecule has 0 spiro atoms. The predicted molar refractivity (Wildman–Crippen MR) is 75.5 cm³/mol. The lowest BCUT2D eigenvalue weighted by atomic mass is 10.3. The van der Waals surface area contributed by atoms with Crippen LogP contribution in [0.15, 0.2) is 29.8 Å². The highest BCUT2D eigenvalue weighted by molar-refractivity contribution is 7.10. The molecule has 0 saturated carbocycles. The number of aromatic nitrogens is 1. The first-order valence-corrected chi connectivity index (χ1v) is 6.60. The summed E-state index contributed by atoms with van der Waals surface area (Å²) < 4.78 is 13.5. The van der Waals surface area contributed by atoms with Gasteiger partial charge in [-0.25, -0.2) is 9.37 Å². The standard InChI is InChI=1S/C13H9ClFN3S/c1-8-7-19-13(18-8)9(5-16)6-17-12-4-10(14)2-3-11(12)15/h2-4,6-7,17H,1H3/b9-6+. The summed E-state index contributed by atoms with van der Waals surface area (Å²) in [4.78, 5) is 4.20. The molecule has 0 aliphatic heterocycles. The van der Waals surface area contributed by atoms with Gasteiger partial charge in [-0.05, 0) is 25.1 Å². The smallest absolute Gasteiger partial charge is 0.146 e. The normalized spacial score (nSPS) is 11.2. The Bertz CT molecular complexity index is 673. The van der Waals surface area contributed by atoms with Crippen molar-refractivity contribution in [1.82, 2.24) is 4.98 Å². The lowest BCUT2D eigenvalue weighted by Gasteiger charge is -2.03. The van der Waals surface area contributed by atoms with Crippen molar-refractivity contribution < 1.29 is 4.39 Å². The number of aryl methyl sites for hydroxylation is 1. The quantitative estimate of drug-likeness (QED) is 0.862. The second-order valence-electron chi connectivity index (χ2n) is 3.73. The molecule has 2 aromatic rings. The zero-order valence-electron chi connectivity index (χ0n) is 9.95. The molecule has 6 heteroatoms. The Morgan fingerprint density at radius 1 is 1.58 bits per heavy atom. The van der Waals surface area contributed by atoms with E-state index in [0.29, 0.717) is 15.6 Å². The van der Waals surface area contributed by atoms with E-state index in [1.165, 1.54) is 35.7 Å². The summed E-state index contributed by atoms with van der Waals surface area (Å²) in [6.45, 7) is 1.85. The van der Waals surface area contributed by atoms with Gasteiger partial charge in [0.15, 0.2) is 0 Å². The summed E-state index contributed by atoms with van der Waals surface area (Å²) in [5.74, 6) is -0.437. The Labute approximate surface area is 119 Å². The first kappa shape index (κ1) is 13.5. The SMILES string of the molecule is Cc1csc(/C(C#N)=C/Nc2cc(Cl)ccc2F)n1. The molecule has 19 heavy (non-hydrogen) atoms. The lowest BCUT2D eigenvalue weighted by Crippen LogP contribution is -1.94. The number of allylic oxidation sites excluding steroid dienone is 1. The number of rotatable bonds is 3. The Balaban J connectivity index is 2.25. The molecule has 1 aromatic carbocycles. The van der Waals surface area contributed by atoms with Gasteiger partial charge in [-0.2, -0.15) is 5.26 Å². The minimum Gasteiger partial charge on any atom is -0.358 e. The van der Waals surface area contributed by atoms with E-state index >= 15 is 0 Å². The molecule has 0 fully saturated rings. The Morgan fingerprint density at radius 2 is 2.37 bits per heavy atom. The number of nitrogens with zero attached hydrogens (tertiary/aromatic N) is 2. The van der Waals surface area contributed by atoms with Crippen molar-refractivity contribution >= 4 is 34.2 Å². The molecule has 0 atom stereocenters. The molecule has 1 aromatic heterocycles. The van der Waals surface area contributed by atoms with Crippen LogP contribution in [-0.4, -0.2) is 4.98 Å². The second-order valence-corrected chi connectivity index (χ2v) is 5.03. The maximum Gasteiger partial charge on any atom is 0.146 e. The van der Waals surface area contributed by atoms with Gasteiger partial charge in [0, 0.05) is 22.3 Å². The summed E-state index contributed by atoms with van der Waals surface area (Å²) in [5, 5.41) is 14.7. The summed E-state index contributed by atoms with van der Waals surface area (Å²) >= 11 is 7.15. The maximum absolute atomic E-state index is 13.5. The largest absolute Gasteiger partial charge is 0.358 e. The lowest BCUT2D eigenvalue weighted by molar-refractivity contribution is 0.632. The summed E-state index contributed by atoms with van der Waals surface area (Å²) in [6, 6.07) is 6.20. The Hall–Kier alpha value is -1.90. The van der Waals surface area contributed by atoms with Crippen LogP contribution in [0.3, 0.4) is 0 Å². The first-order chi connectivity index (χ1) is 9.10. The number of halogens is 2. The Morgan fingerprint density at radius 3 is 3.00 bits per heavy atom. The van der Waals surface area contributed by atoms with Crippen LogP contribution in [-0.2, 0) is 0 Å². The molecule has 0 aliphatic carbocycles. The molecular formula is C13H9ClFN3S. The van der Waals surface area contributed by atoms with Crippen LogP contribution in [0.1, 0.15) is 10.7 Å². The number of hydrogen-bond donors (Lipinski definition) is 1. The van der Waals surface area contributed by atoms with E-state index in [1.807, 2.05) is 18.4 Å². The third-order valence-corrected chi connectivity index (χ3v) is 3.50. The average Bonchev–Trinajstić information content (AvgIpc) is 2.81. The molecule has 0 saturated heterocycles. The summed E-state index contributed by atoms with van der Waals surface area (Å²) in [5.41, 5.74) is 1.40. The highest BCUT2D eigenvalue weighted by Gasteiger charge is 2.06. The molecule has 96 valence electrons. The van der Waals surface area contributed by atoms with Gasteiger partial charge in [-0.1, -0.05) is 11.6 Å². The zero-order chi connectivity index (χ0) is 13.8. The van der Waals surface area contributed by atoms with Gasteiger partial charge >= 0.3 is 0 Å². The fraction of sp³-hybridized carbons (Fsp3) is 0.0769. The van der Waals surface area contributed by atoms with Crippen molar-refractivity contribution in [2.24, 2.45) is 0 Å². The predicted octanol–water partition coefficient (Wildman–Crippen LogP) is 4.22. The minimum atomic E-state index is -0.437. The summed E-state index contributed by atoms with van der Waals surface area (Å²) in [7, 11) is 0. The number of benzene rings is 1. The van der Waals surface area contributed by atoms with E-state index in [9.17, 15) is 4.39 Å². The number of hydrogen-bond acceptors (Lipinski definition) is 4. The van der Waals surface area contributed by atoms with Crippen molar-refractivity contribution in [3.8, 4) is 6.07 Å². The van der Waals surface area contributed by atoms with Crippen LogP contribution in [0.5, 0.6) is 0 Å². The number of anilines is 1. The third-order valence-electron chi connectivity index (χ3n) is 2.27. The van der Waals surface area contributed by atoms with Crippen molar-refractivity contribution in [2.75, 3.05) is 5.32 Å². The number of thiazole rings is 1. The van der Waals surface area contributed by atoms with Gasteiger partial charge < -0.3 is 5.32 Å². The maximum atomic E-state index is 13.5. The van der Waals surface area contributed by atoms with Crippen LogP contribution in [0.4, 0.5) is 10.1 Å². The highest BCUT2D eigenvalue weighted by atomic mass is 35.5. The van der Waals surface area contributed by atoms with E-state index in [2.05, 4.69) is 10.3 Å². The van der Waals surface area contributed by atoms with Crippen LogP contribution in [0.2, 0.25) is 5.02 Å². The zero-order valence-corrected chi connectivity index (χ0v) is 11.5. The molecule has 3 nitrogen and oxygen atoms in total. The van der Waals surface area contributed by atoms with Gasteiger partial charge in [-0.3, -0.25) is 0 Å². The van der Waals surface area contributed by atoms with Crippen molar-refractivity contribution in [3.05, 3.63) is 51.3 Å². The summed E-state index contributed by atoms with van der Waals surface area (Å²) in [6.07, 6.45) is 1.42. The molecule has 1 N–H and O–H groups in total. The van der Waals surface area contributed by atoms with E-state index in [-0.39, 0.29) is 5.69 Å². The van der Waals surface area contributed by atoms with Gasteiger partial charge in [0.25, 0.3) is 0 Å². The van der Waals surface area contributed by atoms with Crippen molar-refractivity contribution in [1.29, 1.82) is 5.26 Å². The minimum absolute atomic E-state index is 0.216. The molecule has 1 heterocycles. The fourth-order valence-electron chi connectivity index (χ4n) is 1.38. The topological polar surface area (TPSA) is 48.7 Å². The van der Waals surface area contributed by atoms with Gasteiger partial charge in [-0.15, -0.1) is 11.3 Å². The van der Waals surface area contributed by atoms with E-state index < -0.39 is 5.82 Å². The second kappa shape index (κ2) is 5.83. The number of nitrogens with one attached hydrogen (secondary N) is 1. The first-order valence-electron chi connectivity index (χ1n) is 5.34. The Kier molecular flexibility index (Phi) is 4.15. The molecule has 0 bridgehead atoms. The number of nitriles is 1. The molecule has 0 unspecified atom stereocenters. The van der Waals surface area contributed by atoms with Crippen molar-refractivity contribution in [2.45, 2.75) is 6.92 Å². The van der Waals surface area contributed by atoms with E-state index in [0.717, 1.165) is 5.69 Å². The highest BCUT2D eigenvalue weighted by Crippen LogP contribution is 2.22. The van der Waals surface area contributed by atoms with Crippen molar-refractivity contribution in [3.63, 3.8) is 0 Å². The monoisotopic (exact) mass is 293 g/mol. The van der Waals surface area contributed by atoms with Gasteiger partial charge in [0.2, 0.25) is 0 Å². The molecule has 0 aliphatic rings. The van der Waals surface area contributed by atoms with Gasteiger partial charge in [0.1, 0.15) is 22.5 Å². The molecule has 0 amide bonds. The fourth-order valence-corrected chi connectivity index (χ4v) is 2.31. The molecule has 2 rings (SSSR count). The average molecular weight is 294 g/mol. The van der Waals surface area contributed by atoms with Crippen LogP contribution in [0, 0.1) is 24.1 Å².